The molecule has 0 unspecified atom stereocenters. The van der Waals surface area contributed by atoms with Gasteiger partial charge < -0.3 is 16.0 Å². The lowest BCUT2D eigenvalue weighted by atomic mass is 10.2. The second-order valence-corrected chi connectivity index (χ2v) is 9.08. The van der Waals surface area contributed by atoms with Crippen LogP contribution in [-0.2, 0) is 0 Å². The molecule has 8 nitrogen and oxygen atoms in total. The minimum atomic E-state index is -0.677. The quantitative estimate of drug-likeness (QED) is 0.441. The van der Waals surface area contributed by atoms with Crippen LogP contribution in [0.2, 0.25) is 20.1 Å². The highest BCUT2D eigenvalue weighted by atomic mass is 35.5. The third-order valence-corrected chi connectivity index (χ3v) is 6.41. The maximum absolute atomic E-state index is 13.1. The van der Waals surface area contributed by atoms with Gasteiger partial charge in [-0.2, -0.15) is 5.10 Å². The zero-order chi connectivity index (χ0) is 24.4. The molecule has 0 spiro atoms. The first-order valence-electron chi connectivity index (χ1n) is 10.1. The zero-order valence-electron chi connectivity index (χ0n) is 17.4. The van der Waals surface area contributed by atoms with Gasteiger partial charge in [-0.1, -0.05) is 58.5 Å². The summed E-state index contributed by atoms with van der Waals surface area (Å²) >= 11 is 24.6. The van der Waals surface area contributed by atoms with Gasteiger partial charge >= 0.3 is 0 Å². The number of carbonyl (C=O) groups excluding carboxylic acids is 3. The number of nitrogens with zero attached hydrogens (tertiary/aromatic N) is 2. The Hall–Kier alpha value is -2.62. The number of halogens is 4. The summed E-state index contributed by atoms with van der Waals surface area (Å²) in [6.45, 7) is 1.36. The highest BCUT2D eigenvalue weighted by molar-refractivity contribution is 6.41. The summed E-state index contributed by atoms with van der Waals surface area (Å²) in [5.74, 6) is -1.91. The Morgan fingerprint density at radius 3 is 2.06 bits per heavy atom. The van der Waals surface area contributed by atoms with Gasteiger partial charge in [-0.05, 0) is 37.2 Å². The average Bonchev–Trinajstić information content (AvgIpc) is 3.43. The molecule has 3 N–H and O–H groups in total. The number of aromatic nitrogens is 2. The van der Waals surface area contributed by atoms with E-state index >= 15 is 0 Å². The van der Waals surface area contributed by atoms with E-state index in [9.17, 15) is 14.4 Å². The van der Waals surface area contributed by atoms with Crippen molar-refractivity contribution in [1.29, 1.82) is 0 Å². The Labute approximate surface area is 214 Å². The topological polar surface area (TPSA) is 105 Å². The fraction of sp³-hybridized carbons (Fsp3) is 0.182. The van der Waals surface area contributed by atoms with E-state index in [-0.39, 0.29) is 48.6 Å². The van der Waals surface area contributed by atoms with Crippen LogP contribution in [-0.4, -0.2) is 46.6 Å². The summed E-state index contributed by atoms with van der Waals surface area (Å²) in [5, 5.41) is 13.2. The predicted molar refractivity (Wildman–Crippen MR) is 132 cm³/mol. The fourth-order valence-electron chi connectivity index (χ4n) is 3.48. The molecular weight excluding hydrogens is 524 g/mol. The van der Waals surface area contributed by atoms with E-state index in [1.165, 1.54) is 30.5 Å². The van der Waals surface area contributed by atoms with Crippen molar-refractivity contribution in [2.24, 2.45) is 0 Å². The van der Waals surface area contributed by atoms with Crippen molar-refractivity contribution in [3.05, 3.63) is 79.5 Å². The molecule has 1 fully saturated rings. The largest absolute Gasteiger partial charge is 0.347 e. The van der Waals surface area contributed by atoms with Crippen molar-refractivity contribution in [2.75, 3.05) is 18.4 Å². The normalized spacial score (nSPS) is 15.2. The summed E-state index contributed by atoms with van der Waals surface area (Å²) in [7, 11) is 0. The predicted octanol–water partition coefficient (Wildman–Crippen LogP) is 4.53. The lowest BCUT2D eigenvalue weighted by Gasteiger charge is -2.11. The first-order chi connectivity index (χ1) is 16.3. The third-order valence-electron chi connectivity index (χ3n) is 5.15. The Kier molecular flexibility index (Phi) is 7.45. The maximum Gasteiger partial charge on any atom is 0.281 e. The van der Waals surface area contributed by atoms with E-state index in [1.54, 1.807) is 12.1 Å². The molecule has 2 aromatic carbocycles. The van der Waals surface area contributed by atoms with Gasteiger partial charge in [-0.3, -0.25) is 14.4 Å². The Morgan fingerprint density at radius 1 is 0.912 bits per heavy atom. The van der Waals surface area contributed by atoms with Crippen LogP contribution >= 0.6 is 46.4 Å². The highest BCUT2D eigenvalue weighted by Gasteiger charge is 2.27. The number of benzene rings is 2. The van der Waals surface area contributed by atoms with Gasteiger partial charge in [-0.25, -0.2) is 4.68 Å². The molecule has 0 aliphatic carbocycles. The smallest absolute Gasteiger partial charge is 0.281 e. The van der Waals surface area contributed by atoms with Crippen LogP contribution < -0.4 is 16.0 Å². The molecule has 2 amide bonds. The highest BCUT2D eigenvalue weighted by Crippen LogP contribution is 2.28. The van der Waals surface area contributed by atoms with Gasteiger partial charge in [0, 0.05) is 12.6 Å². The molecular formula is C22H17Cl4N5O3. The van der Waals surface area contributed by atoms with E-state index in [1.807, 2.05) is 0 Å². The van der Waals surface area contributed by atoms with Crippen LogP contribution in [0.5, 0.6) is 0 Å². The minimum Gasteiger partial charge on any atom is -0.347 e. The zero-order valence-corrected chi connectivity index (χ0v) is 20.4. The number of nitrogens with one attached hydrogen (secondary N) is 3. The van der Waals surface area contributed by atoms with E-state index in [2.05, 4.69) is 21.0 Å². The summed E-state index contributed by atoms with van der Waals surface area (Å²) < 4.78 is 0.902. The first-order valence-corrected chi connectivity index (χ1v) is 11.6. The second kappa shape index (κ2) is 10.3. The van der Waals surface area contributed by atoms with E-state index < -0.39 is 17.7 Å². The molecule has 2 heterocycles. The van der Waals surface area contributed by atoms with E-state index in [0.717, 1.165) is 17.6 Å². The molecule has 1 atom stereocenters. The SMILES string of the molecule is O=C(N[C@@H]1CCNC1)c1nn(C(=O)c2c(Cl)cccc2Cl)cc1NC(=O)c1c(Cl)cccc1Cl. The monoisotopic (exact) mass is 539 g/mol. The molecule has 34 heavy (non-hydrogen) atoms. The lowest BCUT2D eigenvalue weighted by molar-refractivity contribution is 0.0929. The molecule has 1 saturated heterocycles. The fourth-order valence-corrected chi connectivity index (χ4v) is 4.61. The van der Waals surface area contributed by atoms with Gasteiger partial charge in [0.15, 0.2) is 5.69 Å². The van der Waals surface area contributed by atoms with Gasteiger partial charge in [0.2, 0.25) is 0 Å². The van der Waals surface area contributed by atoms with Gasteiger partial charge in [0.05, 0.1) is 43.1 Å². The average molecular weight is 541 g/mol. The van der Waals surface area contributed by atoms with Gasteiger partial charge in [0.1, 0.15) is 0 Å². The Bertz CT molecular complexity index is 1250. The number of carbonyl (C=O) groups is 3. The summed E-state index contributed by atoms with van der Waals surface area (Å²) in [4.78, 5) is 39.1. The number of hydrogen-bond donors (Lipinski definition) is 3. The van der Waals surface area contributed by atoms with Crippen LogP contribution in [0.4, 0.5) is 5.69 Å². The number of hydrogen-bond acceptors (Lipinski definition) is 5. The standard InChI is InChI=1S/C22H17Cl4N5O3/c23-12-3-1-4-13(24)17(12)20(32)29-16-10-31(22(34)18-14(25)5-2-6-15(18)26)30-19(16)21(33)28-11-7-8-27-9-11/h1-6,10-11,27H,7-9H2,(H,28,33)(H,29,32)/t11-/m1/s1. The van der Waals surface area contributed by atoms with Crippen LogP contribution in [0.15, 0.2) is 42.6 Å². The van der Waals surface area contributed by atoms with E-state index in [0.29, 0.717) is 6.54 Å². The van der Waals surface area contributed by atoms with E-state index in [4.69, 9.17) is 46.4 Å². The number of rotatable bonds is 5. The Morgan fingerprint density at radius 2 is 1.50 bits per heavy atom. The second-order valence-electron chi connectivity index (χ2n) is 7.45. The lowest BCUT2D eigenvalue weighted by Crippen LogP contribution is -2.37. The summed E-state index contributed by atoms with van der Waals surface area (Å²) in [6, 6.07) is 9.11. The first kappa shape index (κ1) is 24.5. The van der Waals surface area contributed by atoms with Crippen LogP contribution in [0.3, 0.4) is 0 Å². The number of amides is 2. The van der Waals surface area contributed by atoms with Crippen molar-refractivity contribution < 1.29 is 14.4 Å². The molecule has 1 aliphatic rings. The minimum absolute atomic E-state index is 0.00677. The molecule has 3 aromatic rings. The molecule has 1 aromatic heterocycles. The molecule has 176 valence electrons. The molecule has 0 bridgehead atoms. The molecule has 4 rings (SSSR count). The van der Waals surface area contributed by atoms with Crippen LogP contribution in [0, 0.1) is 0 Å². The summed E-state index contributed by atoms with van der Waals surface area (Å²) in [6.07, 6.45) is 1.95. The van der Waals surface area contributed by atoms with Crippen LogP contribution in [0.1, 0.15) is 37.6 Å². The van der Waals surface area contributed by atoms with Crippen LogP contribution in [0.25, 0.3) is 0 Å². The molecule has 0 radical (unpaired) electrons. The third kappa shape index (κ3) is 5.06. The van der Waals surface area contributed by atoms with Gasteiger partial charge in [0.25, 0.3) is 17.7 Å². The van der Waals surface area contributed by atoms with Crippen molar-refractivity contribution in [3.8, 4) is 0 Å². The molecule has 12 heteroatoms. The van der Waals surface area contributed by atoms with Crippen molar-refractivity contribution in [2.45, 2.75) is 12.5 Å². The number of anilines is 1. The van der Waals surface area contributed by atoms with Crippen molar-refractivity contribution in [1.82, 2.24) is 20.4 Å². The van der Waals surface area contributed by atoms with Crippen molar-refractivity contribution >= 4 is 69.8 Å². The maximum atomic E-state index is 13.1. The Balaban J connectivity index is 1.71. The van der Waals surface area contributed by atoms with Crippen molar-refractivity contribution in [3.63, 3.8) is 0 Å². The molecule has 1 aliphatic heterocycles. The molecule has 0 saturated carbocycles. The van der Waals surface area contributed by atoms with Gasteiger partial charge in [-0.15, -0.1) is 0 Å². The summed E-state index contributed by atoms with van der Waals surface area (Å²) in [5.41, 5.74) is -0.154.